The van der Waals surface area contributed by atoms with Gasteiger partial charge < -0.3 is 14.3 Å². The first-order valence-electron chi connectivity index (χ1n) is 15.0. The van der Waals surface area contributed by atoms with Crippen molar-refractivity contribution >= 4 is 23.2 Å². The zero-order chi connectivity index (χ0) is 29.8. The van der Waals surface area contributed by atoms with Crippen LogP contribution in [0.4, 0.5) is 17.3 Å². The van der Waals surface area contributed by atoms with Gasteiger partial charge in [-0.05, 0) is 74.4 Å². The molecule has 2 aromatic heterocycles. The van der Waals surface area contributed by atoms with Gasteiger partial charge in [-0.3, -0.25) is 9.69 Å². The van der Waals surface area contributed by atoms with Gasteiger partial charge in [-0.25, -0.2) is 4.98 Å². The molecule has 2 aliphatic heterocycles. The van der Waals surface area contributed by atoms with Crippen LogP contribution in [0, 0.1) is 33.1 Å². The fraction of sp³-hybridized carbons (Fsp3) is 0.400. The Bertz CT molecular complexity index is 1640. The maximum atomic E-state index is 13.2. The van der Waals surface area contributed by atoms with Gasteiger partial charge >= 0.3 is 0 Å². The molecule has 7 heteroatoms. The molecule has 1 atom stereocenters. The standard InChI is InChI=1S/C35H41N5O2/c1-8-30-39(33-31(22(2)18-23(3)36-33)40(30)32-24(4)25(5)42-37-32)20-26-14-15-29(27-12-10-9-11-13-27)28(19-26)21-38-17-16-35(6,7)34(38)41/h9-15,18-19,30H,8,16-17,20-21H2,1-7H3. The van der Waals surface area contributed by atoms with Gasteiger partial charge in [0.1, 0.15) is 11.9 Å². The number of likely N-dealkylation sites (tertiary alicyclic amines) is 1. The van der Waals surface area contributed by atoms with Crippen molar-refractivity contribution in [2.24, 2.45) is 5.41 Å². The summed E-state index contributed by atoms with van der Waals surface area (Å²) >= 11 is 0. The molecule has 0 saturated carbocycles. The first kappa shape index (κ1) is 28.0. The number of aryl methyl sites for hydroxylation is 3. The molecule has 4 heterocycles. The highest BCUT2D eigenvalue weighted by Crippen LogP contribution is 2.47. The monoisotopic (exact) mass is 563 g/mol. The molecule has 7 nitrogen and oxygen atoms in total. The molecular formula is C35H41N5O2. The number of anilines is 3. The number of hydrogen-bond acceptors (Lipinski definition) is 6. The van der Waals surface area contributed by atoms with Crippen LogP contribution < -0.4 is 9.80 Å². The van der Waals surface area contributed by atoms with Crippen molar-refractivity contribution < 1.29 is 9.32 Å². The zero-order valence-electron chi connectivity index (χ0n) is 25.9. The Morgan fingerprint density at radius 3 is 2.38 bits per heavy atom. The predicted molar refractivity (Wildman–Crippen MR) is 168 cm³/mol. The topological polar surface area (TPSA) is 65.7 Å². The third kappa shape index (κ3) is 4.75. The average Bonchev–Trinajstić information content (AvgIpc) is 3.55. The Morgan fingerprint density at radius 2 is 1.74 bits per heavy atom. The fourth-order valence-corrected chi connectivity index (χ4v) is 6.58. The minimum atomic E-state index is -0.305. The molecule has 2 aliphatic rings. The highest BCUT2D eigenvalue weighted by atomic mass is 16.5. The number of fused-ring (bicyclic) bond motifs is 1. The number of aromatic nitrogens is 2. The molecule has 218 valence electrons. The van der Waals surface area contributed by atoms with Crippen LogP contribution in [0.1, 0.15) is 67.3 Å². The number of nitrogens with zero attached hydrogens (tertiary/aromatic N) is 5. The SMILES string of the molecule is CCC1N(Cc2ccc(-c3ccccc3)c(CN3CCC(C)(C)C3=O)c2)c2nc(C)cc(C)c2N1c1noc(C)c1C. The lowest BCUT2D eigenvalue weighted by molar-refractivity contribution is -0.135. The number of hydrogen-bond donors (Lipinski definition) is 0. The average molecular weight is 564 g/mol. The number of pyridine rings is 1. The van der Waals surface area contributed by atoms with Crippen molar-refractivity contribution in [3.8, 4) is 11.1 Å². The molecule has 42 heavy (non-hydrogen) atoms. The zero-order valence-corrected chi connectivity index (χ0v) is 25.9. The molecule has 2 aromatic carbocycles. The molecule has 1 fully saturated rings. The van der Waals surface area contributed by atoms with Gasteiger partial charge in [0.15, 0.2) is 11.6 Å². The summed E-state index contributed by atoms with van der Waals surface area (Å²) in [5.41, 5.74) is 8.71. The molecule has 4 aromatic rings. The lowest BCUT2D eigenvalue weighted by Crippen LogP contribution is -2.40. The molecule has 6 rings (SSSR count). The van der Waals surface area contributed by atoms with Crippen molar-refractivity contribution in [2.45, 2.75) is 80.6 Å². The second kappa shape index (κ2) is 10.6. The van der Waals surface area contributed by atoms with Crippen LogP contribution in [0.5, 0.6) is 0 Å². The minimum absolute atomic E-state index is 0.0365. The molecule has 0 bridgehead atoms. The predicted octanol–water partition coefficient (Wildman–Crippen LogP) is 7.62. The number of benzene rings is 2. The maximum absolute atomic E-state index is 13.2. The van der Waals surface area contributed by atoms with E-state index in [1.807, 2.05) is 17.9 Å². The van der Waals surface area contributed by atoms with Crippen molar-refractivity contribution in [3.05, 3.63) is 88.3 Å². The van der Waals surface area contributed by atoms with Crippen LogP contribution in [0.2, 0.25) is 0 Å². The Hall–Kier alpha value is -4.13. The van der Waals surface area contributed by atoms with Crippen molar-refractivity contribution in [3.63, 3.8) is 0 Å². The van der Waals surface area contributed by atoms with Crippen LogP contribution in [0.3, 0.4) is 0 Å². The molecule has 1 saturated heterocycles. The molecule has 0 N–H and O–H groups in total. The van der Waals surface area contributed by atoms with Crippen LogP contribution in [-0.4, -0.2) is 33.7 Å². The van der Waals surface area contributed by atoms with E-state index < -0.39 is 0 Å². The van der Waals surface area contributed by atoms with Crippen LogP contribution in [0.15, 0.2) is 59.1 Å². The lowest BCUT2D eigenvalue weighted by Gasteiger charge is -2.31. The van der Waals surface area contributed by atoms with E-state index in [0.29, 0.717) is 13.1 Å². The van der Waals surface area contributed by atoms with E-state index in [0.717, 1.165) is 53.7 Å². The smallest absolute Gasteiger partial charge is 0.228 e. The number of carbonyl (C=O) groups excluding carboxylic acids is 1. The summed E-state index contributed by atoms with van der Waals surface area (Å²) in [6.45, 7) is 16.7. The first-order valence-corrected chi connectivity index (χ1v) is 15.0. The highest BCUT2D eigenvalue weighted by Gasteiger charge is 2.41. The van der Waals surface area contributed by atoms with E-state index >= 15 is 0 Å². The second-order valence-electron chi connectivity index (χ2n) is 12.5. The third-order valence-corrected chi connectivity index (χ3v) is 9.03. The highest BCUT2D eigenvalue weighted by molar-refractivity contribution is 5.85. The first-order chi connectivity index (χ1) is 20.1. The summed E-state index contributed by atoms with van der Waals surface area (Å²) < 4.78 is 5.63. The molecule has 1 amide bonds. The maximum Gasteiger partial charge on any atom is 0.228 e. The quantitative estimate of drug-likeness (QED) is 0.230. The van der Waals surface area contributed by atoms with E-state index in [9.17, 15) is 4.79 Å². The molecule has 0 aliphatic carbocycles. The summed E-state index contributed by atoms with van der Waals surface area (Å²) in [5.74, 6) is 2.89. The summed E-state index contributed by atoms with van der Waals surface area (Å²) in [6, 6.07) is 19.4. The van der Waals surface area contributed by atoms with E-state index in [1.54, 1.807) is 0 Å². The van der Waals surface area contributed by atoms with E-state index in [-0.39, 0.29) is 17.5 Å². The molecule has 0 radical (unpaired) electrons. The van der Waals surface area contributed by atoms with Crippen LogP contribution >= 0.6 is 0 Å². The van der Waals surface area contributed by atoms with Crippen molar-refractivity contribution in [1.29, 1.82) is 0 Å². The van der Waals surface area contributed by atoms with Gasteiger partial charge in [-0.2, -0.15) is 0 Å². The van der Waals surface area contributed by atoms with E-state index in [1.165, 1.54) is 27.8 Å². The normalized spacial score (nSPS) is 17.8. The van der Waals surface area contributed by atoms with E-state index in [2.05, 4.69) is 105 Å². The fourth-order valence-electron chi connectivity index (χ4n) is 6.58. The Balaban J connectivity index is 1.41. The third-order valence-electron chi connectivity index (χ3n) is 9.03. The summed E-state index contributed by atoms with van der Waals surface area (Å²) in [6.07, 6.45) is 1.80. The summed E-state index contributed by atoms with van der Waals surface area (Å²) in [5, 5.41) is 4.49. The van der Waals surface area contributed by atoms with Gasteiger partial charge in [0.2, 0.25) is 5.91 Å². The Labute approximate surface area is 249 Å². The van der Waals surface area contributed by atoms with Crippen molar-refractivity contribution in [2.75, 3.05) is 16.3 Å². The summed E-state index contributed by atoms with van der Waals surface area (Å²) in [4.78, 5) is 25.0. The Morgan fingerprint density at radius 1 is 0.976 bits per heavy atom. The van der Waals surface area contributed by atoms with E-state index in [4.69, 9.17) is 9.51 Å². The molecular weight excluding hydrogens is 522 g/mol. The van der Waals surface area contributed by atoms with Crippen LogP contribution in [0.25, 0.3) is 11.1 Å². The molecule has 1 unspecified atom stereocenters. The van der Waals surface area contributed by atoms with Gasteiger partial charge in [0.25, 0.3) is 0 Å². The second-order valence-corrected chi connectivity index (χ2v) is 12.5. The van der Waals surface area contributed by atoms with Crippen molar-refractivity contribution in [1.82, 2.24) is 15.0 Å². The number of amides is 1. The van der Waals surface area contributed by atoms with Gasteiger partial charge in [0, 0.05) is 36.3 Å². The van der Waals surface area contributed by atoms with Crippen LogP contribution in [-0.2, 0) is 17.9 Å². The van der Waals surface area contributed by atoms with Gasteiger partial charge in [0.05, 0.1) is 5.69 Å². The number of rotatable bonds is 7. The molecule has 0 spiro atoms. The largest absolute Gasteiger partial charge is 0.359 e. The van der Waals surface area contributed by atoms with Gasteiger partial charge in [-0.15, -0.1) is 0 Å². The Kier molecular flexibility index (Phi) is 7.08. The van der Waals surface area contributed by atoms with Gasteiger partial charge in [-0.1, -0.05) is 74.5 Å². The number of carbonyl (C=O) groups is 1. The lowest BCUT2D eigenvalue weighted by atomic mass is 9.92. The minimum Gasteiger partial charge on any atom is -0.359 e. The summed E-state index contributed by atoms with van der Waals surface area (Å²) in [7, 11) is 0.